The maximum atomic E-state index is 12.5. The van der Waals surface area contributed by atoms with Crippen molar-refractivity contribution in [3.63, 3.8) is 0 Å². The first-order chi connectivity index (χ1) is 12.3. The standard InChI is InChI=1S/C20H22N4O/c25-20(16-10-5-2-6-11-16)21-17-12-7-13-18-19(17)22-23-24(18)14-15-8-3-1-4-9-15/h1,3-4,7-9,12-13,16H,2,5-6,10-11,14H2,(H,21,25). The van der Waals surface area contributed by atoms with Crippen molar-refractivity contribution < 1.29 is 4.79 Å². The van der Waals surface area contributed by atoms with E-state index in [1.165, 1.54) is 12.0 Å². The minimum Gasteiger partial charge on any atom is -0.324 e. The fraction of sp³-hybridized carbons (Fsp3) is 0.350. The zero-order valence-corrected chi connectivity index (χ0v) is 14.2. The van der Waals surface area contributed by atoms with Gasteiger partial charge >= 0.3 is 0 Å². The Labute approximate surface area is 147 Å². The highest BCUT2D eigenvalue weighted by molar-refractivity contribution is 6.00. The number of nitrogens with one attached hydrogen (secondary N) is 1. The molecule has 1 aliphatic rings. The van der Waals surface area contributed by atoms with Crippen molar-refractivity contribution in [3.8, 4) is 0 Å². The van der Waals surface area contributed by atoms with Crippen molar-refractivity contribution in [1.29, 1.82) is 0 Å². The van der Waals surface area contributed by atoms with Gasteiger partial charge in [-0.05, 0) is 30.5 Å². The van der Waals surface area contributed by atoms with E-state index in [9.17, 15) is 4.79 Å². The van der Waals surface area contributed by atoms with Crippen LogP contribution < -0.4 is 5.32 Å². The first-order valence-electron chi connectivity index (χ1n) is 8.98. The van der Waals surface area contributed by atoms with Crippen LogP contribution in [-0.4, -0.2) is 20.9 Å². The summed E-state index contributed by atoms with van der Waals surface area (Å²) < 4.78 is 1.88. The van der Waals surface area contributed by atoms with E-state index < -0.39 is 0 Å². The van der Waals surface area contributed by atoms with Gasteiger partial charge in [0, 0.05) is 5.92 Å². The van der Waals surface area contributed by atoms with E-state index in [2.05, 4.69) is 27.8 Å². The number of fused-ring (bicyclic) bond motifs is 1. The number of carbonyl (C=O) groups excluding carboxylic acids is 1. The number of hydrogen-bond donors (Lipinski definition) is 1. The number of anilines is 1. The van der Waals surface area contributed by atoms with Crippen molar-refractivity contribution in [2.24, 2.45) is 5.92 Å². The maximum absolute atomic E-state index is 12.5. The molecule has 0 aliphatic heterocycles. The molecule has 1 aliphatic carbocycles. The highest BCUT2D eigenvalue weighted by Crippen LogP contribution is 2.27. The average molecular weight is 334 g/mol. The average Bonchev–Trinajstić information content (AvgIpc) is 3.07. The molecule has 1 aromatic heterocycles. The van der Waals surface area contributed by atoms with Crippen LogP contribution in [-0.2, 0) is 11.3 Å². The van der Waals surface area contributed by atoms with Crippen LogP contribution in [0.1, 0.15) is 37.7 Å². The van der Waals surface area contributed by atoms with Gasteiger partial charge in [0.15, 0.2) is 0 Å². The summed E-state index contributed by atoms with van der Waals surface area (Å²) in [5.74, 6) is 0.244. The van der Waals surface area contributed by atoms with E-state index in [4.69, 9.17) is 0 Å². The summed E-state index contributed by atoms with van der Waals surface area (Å²) in [5.41, 5.74) is 3.62. The minimum absolute atomic E-state index is 0.116. The zero-order valence-electron chi connectivity index (χ0n) is 14.2. The van der Waals surface area contributed by atoms with Gasteiger partial charge in [-0.3, -0.25) is 4.79 Å². The summed E-state index contributed by atoms with van der Waals surface area (Å²) in [7, 11) is 0. The molecule has 1 fully saturated rings. The first-order valence-corrected chi connectivity index (χ1v) is 8.98. The van der Waals surface area contributed by atoms with E-state index in [1.54, 1.807) is 0 Å². The summed E-state index contributed by atoms with van der Waals surface area (Å²) in [6, 6.07) is 16.0. The van der Waals surface area contributed by atoms with Gasteiger partial charge in [-0.2, -0.15) is 0 Å². The molecule has 5 heteroatoms. The Morgan fingerprint density at radius 1 is 1.04 bits per heavy atom. The lowest BCUT2D eigenvalue weighted by Gasteiger charge is -2.20. The molecule has 4 rings (SSSR count). The largest absolute Gasteiger partial charge is 0.324 e. The van der Waals surface area contributed by atoms with Gasteiger partial charge in [0.1, 0.15) is 5.52 Å². The molecule has 128 valence electrons. The Hall–Kier alpha value is -2.69. The maximum Gasteiger partial charge on any atom is 0.227 e. The lowest BCUT2D eigenvalue weighted by atomic mass is 9.88. The molecular weight excluding hydrogens is 312 g/mol. The number of amides is 1. The molecule has 25 heavy (non-hydrogen) atoms. The summed E-state index contributed by atoms with van der Waals surface area (Å²) in [4.78, 5) is 12.5. The molecule has 0 spiro atoms. The molecule has 1 N–H and O–H groups in total. The molecule has 0 radical (unpaired) electrons. The van der Waals surface area contributed by atoms with Crippen LogP contribution in [0.3, 0.4) is 0 Å². The summed E-state index contributed by atoms with van der Waals surface area (Å²) >= 11 is 0. The number of carbonyl (C=O) groups is 1. The van der Waals surface area contributed by atoms with Crippen molar-refractivity contribution in [1.82, 2.24) is 15.0 Å². The zero-order chi connectivity index (χ0) is 17.1. The van der Waals surface area contributed by atoms with Crippen molar-refractivity contribution in [3.05, 3.63) is 54.1 Å². The molecule has 1 saturated carbocycles. The highest BCUT2D eigenvalue weighted by Gasteiger charge is 2.22. The molecule has 1 heterocycles. The van der Waals surface area contributed by atoms with E-state index in [0.29, 0.717) is 6.54 Å². The van der Waals surface area contributed by atoms with Crippen LogP contribution in [0.25, 0.3) is 11.0 Å². The smallest absolute Gasteiger partial charge is 0.227 e. The van der Waals surface area contributed by atoms with E-state index >= 15 is 0 Å². The molecule has 2 aromatic carbocycles. The molecule has 0 bridgehead atoms. The van der Waals surface area contributed by atoms with Gasteiger partial charge in [0.05, 0.1) is 17.7 Å². The number of hydrogen-bond acceptors (Lipinski definition) is 3. The van der Waals surface area contributed by atoms with E-state index in [0.717, 1.165) is 42.4 Å². The minimum atomic E-state index is 0.116. The molecule has 1 amide bonds. The lowest BCUT2D eigenvalue weighted by Crippen LogP contribution is -2.24. The third kappa shape index (κ3) is 3.40. The van der Waals surface area contributed by atoms with Gasteiger partial charge < -0.3 is 5.32 Å². The number of nitrogens with zero attached hydrogens (tertiary/aromatic N) is 3. The molecule has 0 unspecified atom stereocenters. The Morgan fingerprint density at radius 2 is 1.84 bits per heavy atom. The third-order valence-electron chi connectivity index (χ3n) is 4.95. The SMILES string of the molecule is O=C(Nc1cccc2c1nnn2Cc1ccccc1)C1CCCCC1. The second-order valence-corrected chi connectivity index (χ2v) is 6.73. The fourth-order valence-corrected chi connectivity index (χ4v) is 3.57. The number of aromatic nitrogens is 3. The Balaban J connectivity index is 1.57. The second kappa shape index (κ2) is 7.05. The van der Waals surface area contributed by atoms with E-state index in [1.807, 2.05) is 41.1 Å². The van der Waals surface area contributed by atoms with Crippen LogP contribution in [0, 0.1) is 5.92 Å². The van der Waals surface area contributed by atoms with Gasteiger partial charge in [0.25, 0.3) is 0 Å². The molecule has 3 aromatic rings. The van der Waals surface area contributed by atoms with Crippen LogP contribution in [0.2, 0.25) is 0 Å². The van der Waals surface area contributed by atoms with Crippen molar-refractivity contribution in [2.45, 2.75) is 38.6 Å². The fourth-order valence-electron chi connectivity index (χ4n) is 3.57. The summed E-state index contributed by atoms with van der Waals surface area (Å²) in [5, 5.41) is 11.7. The van der Waals surface area contributed by atoms with Gasteiger partial charge in [-0.15, -0.1) is 5.10 Å². The number of rotatable bonds is 4. The molecule has 0 atom stereocenters. The molecule has 0 saturated heterocycles. The monoisotopic (exact) mass is 334 g/mol. The Kier molecular flexibility index (Phi) is 4.46. The predicted molar refractivity (Wildman–Crippen MR) is 98.3 cm³/mol. The summed E-state index contributed by atoms with van der Waals surface area (Å²) in [6.45, 7) is 0.664. The normalized spacial score (nSPS) is 15.4. The van der Waals surface area contributed by atoms with Gasteiger partial charge in [0.2, 0.25) is 5.91 Å². The predicted octanol–water partition coefficient (Wildman–Crippen LogP) is 4.00. The topological polar surface area (TPSA) is 59.8 Å². The Morgan fingerprint density at radius 3 is 2.64 bits per heavy atom. The third-order valence-corrected chi connectivity index (χ3v) is 4.95. The van der Waals surface area contributed by atoms with Crippen LogP contribution in [0.5, 0.6) is 0 Å². The van der Waals surface area contributed by atoms with E-state index in [-0.39, 0.29) is 11.8 Å². The van der Waals surface area contributed by atoms with Gasteiger partial charge in [-0.25, -0.2) is 4.68 Å². The highest BCUT2D eigenvalue weighted by atomic mass is 16.1. The lowest BCUT2D eigenvalue weighted by molar-refractivity contribution is -0.120. The number of benzene rings is 2. The van der Waals surface area contributed by atoms with Crippen molar-refractivity contribution in [2.75, 3.05) is 5.32 Å². The molecule has 5 nitrogen and oxygen atoms in total. The second-order valence-electron chi connectivity index (χ2n) is 6.73. The molecular formula is C20H22N4O. The van der Waals surface area contributed by atoms with Crippen LogP contribution >= 0.6 is 0 Å². The summed E-state index contributed by atoms with van der Waals surface area (Å²) in [6.07, 6.45) is 5.52. The van der Waals surface area contributed by atoms with Crippen molar-refractivity contribution >= 4 is 22.6 Å². The van der Waals surface area contributed by atoms with Crippen LogP contribution in [0.4, 0.5) is 5.69 Å². The van der Waals surface area contributed by atoms with Gasteiger partial charge in [-0.1, -0.05) is 60.9 Å². The first kappa shape index (κ1) is 15.8. The van der Waals surface area contributed by atoms with Crippen LogP contribution in [0.15, 0.2) is 48.5 Å². The Bertz CT molecular complexity index is 866. The quantitative estimate of drug-likeness (QED) is 0.784.